The van der Waals surface area contributed by atoms with Crippen LogP contribution in [0.15, 0.2) is 83.8 Å². The van der Waals surface area contributed by atoms with Gasteiger partial charge in [0.1, 0.15) is 18.1 Å². The van der Waals surface area contributed by atoms with Crippen LogP contribution in [0.5, 0.6) is 11.5 Å². The molecular formula is C28H31N3O4S. The Morgan fingerprint density at radius 2 is 1.53 bits per heavy atom. The van der Waals surface area contributed by atoms with Gasteiger partial charge in [0.05, 0.1) is 17.5 Å². The second-order valence-corrected chi connectivity index (χ2v) is 10.9. The van der Waals surface area contributed by atoms with Crippen LogP contribution in [-0.2, 0) is 23.2 Å². The van der Waals surface area contributed by atoms with Crippen LogP contribution in [0.4, 0.5) is 0 Å². The number of piperazine rings is 1. The fourth-order valence-electron chi connectivity index (χ4n) is 4.54. The average Bonchev–Trinajstić information content (AvgIpc) is 3.27. The van der Waals surface area contributed by atoms with E-state index in [-0.39, 0.29) is 4.90 Å². The van der Waals surface area contributed by atoms with E-state index < -0.39 is 10.0 Å². The normalized spacial score (nSPS) is 15.3. The number of hydrogen-bond acceptors (Lipinski definition) is 6. The highest BCUT2D eigenvalue weighted by molar-refractivity contribution is 7.90. The second-order valence-electron chi connectivity index (χ2n) is 9.15. The smallest absolute Gasteiger partial charge is 0.268 e. The third-order valence-corrected chi connectivity index (χ3v) is 8.41. The molecule has 7 nitrogen and oxygen atoms in total. The van der Waals surface area contributed by atoms with Gasteiger partial charge in [-0.05, 0) is 61.1 Å². The molecule has 1 aliphatic heterocycles. The van der Waals surface area contributed by atoms with Crippen molar-refractivity contribution >= 4 is 20.9 Å². The lowest BCUT2D eigenvalue weighted by molar-refractivity contribution is 0.147. The number of rotatable bonds is 8. The molecule has 1 fully saturated rings. The molecule has 1 aromatic heterocycles. The van der Waals surface area contributed by atoms with Crippen molar-refractivity contribution in [1.29, 1.82) is 0 Å². The molecule has 1 aliphatic rings. The van der Waals surface area contributed by atoms with E-state index in [1.165, 1.54) is 3.97 Å². The van der Waals surface area contributed by atoms with E-state index in [2.05, 4.69) is 16.8 Å². The molecule has 188 valence electrons. The summed E-state index contributed by atoms with van der Waals surface area (Å²) in [6.45, 7) is 4.72. The second kappa shape index (κ2) is 10.3. The van der Waals surface area contributed by atoms with Gasteiger partial charge < -0.3 is 14.4 Å². The summed E-state index contributed by atoms with van der Waals surface area (Å²) in [6, 6.07) is 24.1. The molecule has 0 amide bonds. The Morgan fingerprint density at radius 1 is 0.833 bits per heavy atom. The highest BCUT2D eigenvalue weighted by Gasteiger charge is 2.25. The largest absolute Gasteiger partial charge is 0.497 e. The van der Waals surface area contributed by atoms with Crippen LogP contribution >= 0.6 is 0 Å². The van der Waals surface area contributed by atoms with Crippen molar-refractivity contribution in [3.8, 4) is 11.5 Å². The SMILES string of the molecule is COc1ccc(S(=O)(=O)n2c(CN3CCN(C)CC3)cc3cc(OCc4ccccc4)ccc32)cc1. The van der Waals surface area contributed by atoms with Gasteiger partial charge in [-0.3, -0.25) is 4.90 Å². The van der Waals surface area contributed by atoms with E-state index in [1.54, 1.807) is 31.4 Å². The molecule has 0 saturated carbocycles. The summed E-state index contributed by atoms with van der Waals surface area (Å²) >= 11 is 0. The molecule has 0 spiro atoms. The van der Waals surface area contributed by atoms with Gasteiger partial charge >= 0.3 is 0 Å². The number of benzene rings is 3. The highest BCUT2D eigenvalue weighted by Crippen LogP contribution is 2.30. The van der Waals surface area contributed by atoms with Gasteiger partial charge in [-0.2, -0.15) is 0 Å². The number of hydrogen-bond donors (Lipinski definition) is 0. The predicted molar refractivity (Wildman–Crippen MR) is 141 cm³/mol. The summed E-state index contributed by atoms with van der Waals surface area (Å²) in [5, 5.41) is 0.835. The van der Waals surface area contributed by atoms with Crippen LogP contribution in [0.1, 0.15) is 11.3 Å². The first-order chi connectivity index (χ1) is 17.4. The fraction of sp³-hybridized carbons (Fsp3) is 0.286. The standard InChI is InChI=1S/C28H31N3O4S/c1-29-14-16-30(17-15-29)20-24-18-23-19-26(35-21-22-6-4-3-5-7-22)10-13-28(23)31(24)36(32,33)27-11-8-25(34-2)9-12-27/h3-13,18-19H,14-17,20-21H2,1-2H3. The first-order valence-corrected chi connectivity index (χ1v) is 13.5. The molecule has 2 heterocycles. The number of ether oxygens (including phenoxy) is 2. The monoisotopic (exact) mass is 505 g/mol. The molecule has 0 atom stereocenters. The molecule has 36 heavy (non-hydrogen) atoms. The van der Waals surface area contributed by atoms with Crippen molar-refractivity contribution < 1.29 is 17.9 Å². The third-order valence-electron chi connectivity index (χ3n) is 6.63. The Balaban J connectivity index is 1.52. The molecule has 3 aromatic carbocycles. The topological polar surface area (TPSA) is 64.0 Å². The van der Waals surface area contributed by atoms with Crippen LogP contribution in [0.25, 0.3) is 10.9 Å². The first-order valence-electron chi connectivity index (χ1n) is 12.1. The van der Waals surface area contributed by atoms with Crippen LogP contribution in [0, 0.1) is 0 Å². The Labute approximate surface area is 212 Å². The molecule has 1 saturated heterocycles. The maximum atomic E-state index is 13.9. The molecule has 0 radical (unpaired) electrons. The Morgan fingerprint density at radius 3 is 2.22 bits per heavy atom. The minimum atomic E-state index is -3.82. The van der Waals surface area contributed by atoms with Gasteiger partial charge in [0.2, 0.25) is 0 Å². The molecule has 0 unspecified atom stereocenters. The van der Waals surface area contributed by atoms with E-state index >= 15 is 0 Å². The first kappa shape index (κ1) is 24.4. The van der Waals surface area contributed by atoms with E-state index in [4.69, 9.17) is 9.47 Å². The third kappa shape index (κ3) is 5.11. The van der Waals surface area contributed by atoms with Crippen LogP contribution in [0.2, 0.25) is 0 Å². The zero-order chi connectivity index (χ0) is 25.1. The van der Waals surface area contributed by atoms with Gasteiger partial charge in [0, 0.05) is 43.8 Å². The summed E-state index contributed by atoms with van der Waals surface area (Å²) in [5.74, 6) is 1.32. The summed E-state index contributed by atoms with van der Waals surface area (Å²) in [4.78, 5) is 4.82. The van der Waals surface area contributed by atoms with Crippen molar-refractivity contribution in [3.05, 3.63) is 90.1 Å². The fourth-order valence-corrected chi connectivity index (χ4v) is 6.07. The number of likely N-dealkylation sites (N-methyl/N-ethyl adjacent to an activating group) is 1. The van der Waals surface area contributed by atoms with E-state index in [9.17, 15) is 8.42 Å². The predicted octanol–water partition coefficient (Wildman–Crippen LogP) is 4.21. The van der Waals surface area contributed by atoms with Gasteiger partial charge in [0.25, 0.3) is 10.0 Å². The van der Waals surface area contributed by atoms with Gasteiger partial charge in [-0.15, -0.1) is 0 Å². The molecule has 5 rings (SSSR count). The highest BCUT2D eigenvalue weighted by atomic mass is 32.2. The van der Waals surface area contributed by atoms with Crippen molar-refractivity contribution in [2.75, 3.05) is 40.3 Å². The number of aromatic nitrogens is 1. The minimum Gasteiger partial charge on any atom is -0.497 e. The summed E-state index contributed by atoms with van der Waals surface area (Å²) in [5.41, 5.74) is 2.46. The van der Waals surface area contributed by atoms with Crippen LogP contribution in [0.3, 0.4) is 0 Å². The zero-order valence-electron chi connectivity index (χ0n) is 20.6. The summed E-state index contributed by atoms with van der Waals surface area (Å²) in [6.07, 6.45) is 0. The van der Waals surface area contributed by atoms with E-state index in [0.29, 0.717) is 30.2 Å². The average molecular weight is 506 g/mol. The molecule has 8 heteroatoms. The molecular weight excluding hydrogens is 474 g/mol. The van der Waals surface area contributed by atoms with Crippen molar-refractivity contribution in [3.63, 3.8) is 0 Å². The quantitative estimate of drug-likeness (QED) is 0.357. The lowest BCUT2D eigenvalue weighted by Crippen LogP contribution is -2.44. The van der Waals surface area contributed by atoms with Crippen LogP contribution < -0.4 is 9.47 Å². The molecule has 0 N–H and O–H groups in total. The molecule has 0 aliphatic carbocycles. The maximum Gasteiger partial charge on any atom is 0.268 e. The van der Waals surface area contributed by atoms with Crippen molar-refractivity contribution in [2.45, 2.75) is 18.0 Å². The Hall–Kier alpha value is -3.33. The molecule has 0 bridgehead atoms. The van der Waals surface area contributed by atoms with E-state index in [1.807, 2.05) is 54.6 Å². The van der Waals surface area contributed by atoms with E-state index in [0.717, 1.165) is 42.8 Å². The zero-order valence-corrected chi connectivity index (χ0v) is 21.4. The van der Waals surface area contributed by atoms with Crippen molar-refractivity contribution in [2.24, 2.45) is 0 Å². The van der Waals surface area contributed by atoms with Gasteiger partial charge in [-0.25, -0.2) is 12.4 Å². The summed E-state index contributed by atoms with van der Waals surface area (Å²) in [7, 11) is -0.150. The Bertz CT molecular complexity index is 1430. The minimum absolute atomic E-state index is 0.227. The number of nitrogens with zero attached hydrogens (tertiary/aromatic N) is 3. The van der Waals surface area contributed by atoms with Crippen LogP contribution in [-0.4, -0.2) is 62.5 Å². The lowest BCUT2D eigenvalue weighted by atomic mass is 10.2. The van der Waals surface area contributed by atoms with Gasteiger partial charge in [0.15, 0.2) is 0 Å². The summed E-state index contributed by atoms with van der Waals surface area (Å²) < 4.78 is 40.5. The molecule has 4 aromatic rings. The number of methoxy groups -OCH3 is 1. The number of fused-ring (bicyclic) bond motifs is 1. The maximum absolute atomic E-state index is 13.9. The van der Waals surface area contributed by atoms with Gasteiger partial charge in [-0.1, -0.05) is 30.3 Å². The Kier molecular flexibility index (Phi) is 7.00. The van der Waals surface area contributed by atoms with Crippen molar-refractivity contribution in [1.82, 2.24) is 13.8 Å². The lowest BCUT2D eigenvalue weighted by Gasteiger charge is -2.32.